The van der Waals surface area contributed by atoms with E-state index in [9.17, 15) is 20.3 Å². The van der Waals surface area contributed by atoms with Gasteiger partial charge >= 0.3 is 11.9 Å². The number of furan rings is 1. The number of aliphatic hydroxyl groups is 1. The number of para-hydroxylation sites is 1. The Morgan fingerprint density at radius 3 is 2.68 bits per heavy atom. The molecule has 8 aliphatic heterocycles. The fourth-order valence-electron chi connectivity index (χ4n) is 10.8. The molecule has 3 unspecified atom stereocenters. The van der Waals surface area contributed by atoms with Crippen molar-refractivity contribution in [2.24, 2.45) is 0 Å². The zero-order chi connectivity index (χ0) is 39.7. The molecule has 4 bridgehead atoms. The number of nitriles is 1. The third-order valence-electron chi connectivity index (χ3n) is 12.9. The highest BCUT2D eigenvalue weighted by atomic mass is 32.2. The molecule has 57 heavy (non-hydrogen) atoms. The number of nitrogens with one attached hydrogen (secondary N) is 1. The Labute approximate surface area is 332 Å². The number of aryl methyl sites for hydroxylation is 1. The molecule has 15 heteroatoms. The third-order valence-corrected chi connectivity index (χ3v) is 14.3. The average molecular weight is 795 g/mol. The van der Waals surface area contributed by atoms with Crippen molar-refractivity contribution in [2.75, 3.05) is 46.5 Å². The van der Waals surface area contributed by atoms with Crippen LogP contribution in [-0.2, 0) is 32.7 Å². The highest BCUT2D eigenvalue weighted by molar-refractivity contribution is 7.99. The molecule has 1 aromatic heterocycles. The van der Waals surface area contributed by atoms with Gasteiger partial charge in [0.2, 0.25) is 6.79 Å². The predicted octanol–water partition coefficient (Wildman–Crippen LogP) is 4.38. The summed E-state index contributed by atoms with van der Waals surface area (Å²) in [4.78, 5) is 32.3. The van der Waals surface area contributed by atoms with Crippen LogP contribution in [0.15, 0.2) is 34.7 Å². The first-order chi connectivity index (χ1) is 27.5. The minimum absolute atomic E-state index is 0.00904. The van der Waals surface area contributed by atoms with E-state index < -0.39 is 52.4 Å². The number of thioether (sulfide) groups is 1. The summed E-state index contributed by atoms with van der Waals surface area (Å²) >= 11 is 1.45. The van der Waals surface area contributed by atoms with Gasteiger partial charge in [-0.25, -0.2) is 4.79 Å². The van der Waals surface area contributed by atoms with Crippen LogP contribution in [0.5, 0.6) is 28.7 Å². The summed E-state index contributed by atoms with van der Waals surface area (Å²) in [6.07, 6.45) is 0.696. The number of fused-ring (bicyclic) bond motifs is 8. The Morgan fingerprint density at radius 1 is 1.14 bits per heavy atom. The predicted molar refractivity (Wildman–Crippen MR) is 206 cm³/mol. The van der Waals surface area contributed by atoms with Crippen LogP contribution in [0.25, 0.3) is 11.0 Å². The minimum Gasteiger partial charge on any atom is -0.504 e. The number of carbonyl (C=O) groups excluding carboxylic acids is 2. The maximum atomic E-state index is 15.0. The van der Waals surface area contributed by atoms with Crippen molar-refractivity contribution in [3.8, 4) is 34.8 Å². The van der Waals surface area contributed by atoms with Crippen LogP contribution in [-0.4, -0.2) is 96.0 Å². The zero-order valence-corrected chi connectivity index (χ0v) is 33.0. The van der Waals surface area contributed by atoms with E-state index in [4.69, 9.17) is 28.1 Å². The van der Waals surface area contributed by atoms with Crippen LogP contribution < -0.4 is 24.3 Å². The maximum absolute atomic E-state index is 15.0. The Hall–Kier alpha value is -4.98. The first-order valence-electron chi connectivity index (χ1n) is 19.1. The topological polar surface area (TPSA) is 176 Å². The number of phenolic OH excluding ortho intramolecular Hbond substituents is 1. The second kappa shape index (κ2) is 12.8. The van der Waals surface area contributed by atoms with Crippen molar-refractivity contribution < 1.29 is 47.9 Å². The maximum Gasteiger partial charge on any atom is 0.335 e. The smallest absolute Gasteiger partial charge is 0.335 e. The lowest BCUT2D eigenvalue weighted by Gasteiger charge is -2.60. The van der Waals surface area contributed by atoms with Gasteiger partial charge in [-0.1, -0.05) is 24.3 Å². The van der Waals surface area contributed by atoms with Crippen molar-refractivity contribution in [1.29, 1.82) is 5.26 Å². The summed E-state index contributed by atoms with van der Waals surface area (Å²) in [5.41, 5.74) is 2.81. The standard InChI is InChI=1S/C42H42N4O10S/c1-19-10-22-12-41(15-43)16-45(4)31(28(22)33(49)34(19)51-5)32-38-30-29(37-36(53-18-54-37)20(2)35(30)55-21(3)48)26(46(32)41)14-52-40(50)42(17-57-38)39-25(11-23(13-47)44-42)24-8-6-7-9-27(24)56-39/h6-10,23,26,31-32,38,44,47,49H,11-14,16-18H2,1-5H3/t23?,26-,31-,32+,38+,41?,42+/m0/s1. The highest BCUT2D eigenvalue weighted by Gasteiger charge is 2.64. The zero-order valence-electron chi connectivity index (χ0n) is 32.1. The van der Waals surface area contributed by atoms with Crippen LogP contribution in [0, 0.1) is 25.2 Å². The molecular weight excluding hydrogens is 753 g/mol. The van der Waals surface area contributed by atoms with Crippen molar-refractivity contribution in [1.82, 2.24) is 15.1 Å². The molecule has 3 N–H and O–H groups in total. The lowest BCUT2D eigenvalue weighted by molar-refractivity contribution is -0.159. The van der Waals surface area contributed by atoms with Crippen LogP contribution in [0.1, 0.15) is 69.0 Å². The molecule has 0 amide bonds. The average Bonchev–Trinajstić information content (AvgIpc) is 3.78. The first kappa shape index (κ1) is 36.4. The number of carbonyl (C=O) groups is 2. The molecule has 2 fully saturated rings. The number of piperazine rings is 1. The van der Waals surface area contributed by atoms with Crippen LogP contribution in [0.2, 0.25) is 0 Å². The molecule has 0 radical (unpaired) electrons. The minimum atomic E-state index is -1.54. The molecule has 1 spiro atoms. The summed E-state index contributed by atoms with van der Waals surface area (Å²) in [5, 5.41) is 38.0. The number of hydrogen-bond acceptors (Lipinski definition) is 15. The van der Waals surface area contributed by atoms with Crippen molar-refractivity contribution in [3.05, 3.63) is 75.0 Å². The van der Waals surface area contributed by atoms with Crippen LogP contribution in [0.4, 0.5) is 0 Å². The van der Waals surface area contributed by atoms with Gasteiger partial charge in [0.25, 0.3) is 0 Å². The molecule has 0 saturated carbocycles. The second-order valence-corrected chi connectivity index (χ2v) is 17.2. The van der Waals surface area contributed by atoms with Gasteiger partial charge in [-0.05, 0) is 44.5 Å². The van der Waals surface area contributed by atoms with E-state index in [1.165, 1.54) is 25.8 Å². The molecule has 2 saturated heterocycles. The number of nitrogens with zero attached hydrogens (tertiary/aromatic N) is 3. The van der Waals surface area contributed by atoms with Gasteiger partial charge in [-0.2, -0.15) is 5.26 Å². The molecule has 0 aliphatic carbocycles. The Morgan fingerprint density at radius 2 is 1.93 bits per heavy atom. The van der Waals surface area contributed by atoms with Gasteiger partial charge in [-0.3, -0.25) is 19.9 Å². The first-order valence-corrected chi connectivity index (χ1v) is 20.1. The fourth-order valence-corrected chi connectivity index (χ4v) is 12.5. The van der Waals surface area contributed by atoms with E-state index in [0.29, 0.717) is 69.6 Å². The van der Waals surface area contributed by atoms with E-state index in [-0.39, 0.29) is 37.9 Å². The number of likely N-dealkylation sites (N-methyl/N-ethyl adjacent to an activating group) is 1. The van der Waals surface area contributed by atoms with Crippen molar-refractivity contribution in [2.45, 2.75) is 74.1 Å². The molecule has 8 aliphatic rings. The summed E-state index contributed by atoms with van der Waals surface area (Å²) in [6.45, 7) is 4.84. The van der Waals surface area contributed by atoms with E-state index >= 15 is 4.79 Å². The van der Waals surface area contributed by atoms with Gasteiger partial charge in [0, 0.05) is 70.9 Å². The molecule has 4 aromatic rings. The molecule has 9 heterocycles. The monoisotopic (exact) mass is 794 g/mol. The molecular formula is C42H42N4O10S. The Kier molecular flexibility index (Phi) is 8.14. The van der Waals surface area contributed by atoms with Crippen LogP contribution >= 0.6 is 11.8 Å². The fraction of sp³-hybridized carbons (Fsp3) is 0.452. The molecule has 3 aromatic carbocycles. The van der Waals surface area contributed by atoms with Gasteiger partial charge in [-0.15, -0.1) is 11.8 Å². The van der Waals surface area contributed by atoms with E-state index in [0.717, 1.165) is 22.1 Å². The van der Waals surface area contributed by atoms with Crippen LogP contribution in [0.3, 0.4) is 0 Å². The number of aromatic hydroxyl groups is 1. The Balaban J connectivity index is 1.27. The molecule has 14 nitrogen and oxygen atoms in total. The normalized spacial score (nSPS) is 30.8. The van der Waals surface area contributed by atoms with E-state index in [2.05, 4.69) is 21.2 Å². The molecule has 296 valence electrons. The number of esters is 2. The number of aliphatic hydroxyl groups excluding tert-OH is 1. The molecule has 12 rings (SSSR count). The van der Waals surface area contributed by atoms with Gasteiger partial charge in [0.05, 0.1) is 37.1 Å². The number of hydrogen-bond donors (Lipinski definition) is 3. The summed E-state index contributed by atoms with van der Waals surface area (Å²) in [6, 6.07) is 9.96. The highest BCUT2D eigenvalue weighted by Crippen LogP contribution is 2.65. The Bertz CT molecular complexity index is 2460. The van der Waals surface area contributed by atoms with Crippen molar-refractivity contribution >= 4 is 34.7 Å². The summed E-state index contributed by atoms with van der Waals surface area (Å²) < 4.78 is 37.3. The number of rotatable bonds is 3. The number of benzene rings is 3. The summed E-state index contributed by atoms with van der Waals surface area (Å²) in [5.74, 6) is 0.945. The lowest BCUT2D eigenvalue weighted by atomic mass is 9.76. The van der Waals surface area contributed by atoms with Gasteiger partial charge in [0.1, 0.15) is 29.2 Å². The van der Waals surface area contributed by atoms with E-state index in [1.807, 2.05) is 51.2 Å². The van der Waals surface area contributed by atoms with E-state index in [1.54, 1.807) is 0 Å². The number of methoxy groups -OCH3 is 1. The number of ether oxygens (including phenoxy) is 5. The second-order valence-electron chi connectivity index (χ2n) is 16.1. The quantitative estimate of drug-likeness (QED) is 0.197. The molecule has 8 atom stereocenters. The SMILES string of the molecule is COc1c(C)cc2c(c1O)[C@H]1[C@@H]3[C@@H]4SC[C@]5(NC(CO)Cc6c5oc5ccccc65)C(=O)OC[C@@H](c5c6c(c(C)c(OC(C)=O)c54)OCO6)N3C(C#N)(C2)CN1C. The lowest BCUT2D eigenvalue weighted by Crippen LogP contribution is -2.69. The van der Waals surface area contributed by atoms with Gasteiger partial charge in [0.15, 0.2) is 28.5 Å². The largest absolute Gasteiger partial charge is 0.504 e. The summed E-state index contributed by atoms with van der Waals surface area (Å²) in [7, 11) is 3.49. The number of phenols is 1. The van der Waals surface area contributed by atoms with Gasteiger partial charge < -0.3 is 38.3 Å². The van der Waals surface area contributed by atoms with Crippen molar-refractivity contribution in [3.63, 3.8) is 0 Å². The third kappa shape index (κ3) is 4.85.